The van der Waals surface area contributed by atoms with Gasteiger partial charge in [0.15, 0.2) is 5.16 Å². The Kier molecular flexibility index (Phi) is 7.40. The largest absolute Gasteiger partial charge is 0.353 e. The van der Waals surface area contributed by atoms with Crippen LogP contribution < -0.4 is 10.2 Å². The van der Waals surface area contributed by atoms with Crippen LogP contribution in [-0.2, 0) is 9.59 Å². The maximum absolute atomic E-state index is 12.2. The Bertz CT molecular complexity index is 714. The highest BCUT2D eigenvalue weighted by molar-refractivity contribution is 7.99. The van der Waals surface area contributed by atoms with Gasteiger partial charge in [-0.1, -0.05) is 42.6 Å². The summed E-state index contributed by atoms with van der Waals surface area (Å²) < 4.78 is 0. The quantitative estimate of drug-likeness (QED) is 0.444. The topological polar surface area (TPSA) is 78.4 Å². The highest BCUT2D eigenvalue weighted by Crippen LogP contribution is 2.24. The van der Waals surface area contributed by atoms with Crippen LogP contribution in [0.25, 0.3) is 0 Å². The molecule has 7 nitrogen and oxygen atoms in total. The van der Waals surface area contributed by atoms with Gasteiger partial charge in [0.25, 0.3) is 0 Å². The van der Waals surface area contributed by atoms with Crippen LogP contribution in [0.5, 0.6) is 0 Å². The number of nitrogens with one attached hydrogen (secondary N) is 1. The molecule has 3 rings (SSSR count). The van der Waals surface area contributed by atoms with E-state index < -0.39 is 0 Å². The van der Waals surface area contributed by atoms with Crippen molar-refractivity contribution >= 4 is 41.0 Å². The smallest absolute Gasteiger partial charge is 0.230 e. The van der Waals surface area contributed by atoms with E-state index in [4.69, 9.17) is 11.6 Å². The molecule has 2 fully saturated rings. The lowest BCUT2D eigenvalue weighted by atomic mass is 9.95. The number of rotatable bonds is 5. The van der Waals surface area contributed by atoms with Gasteiger partial charge in [-0.15, -0.1) is 0 Å². The third kappa shape index (κ3) is 5.73. The summed E-state index contributed by atoms with van der Waals surface area (Å²) in [5.41, 5.74) is 0. The fourth-order valence-corrected chi connectivity index (χ4v) is 4.78. The third-order valence-corrected chi connectivity index (χ3v) is 6.36. The van der Waals surface area contributed by atoms with Crippen molar-refractivity contribution in [3.05, 3.63) is 11.2 Å². The van der Waals surface area contributed by atoms with Gasteiger partial charge in [-0.05, 0) is 19.8 Å². The van der Waals surface area contributed by atoms with Crippen LogP contribution in [0.4, 0.5) is 5.82 Å². The second-order valence-electron chi connectivity index (χ2n) is 7.53. The van der Waals surface area contributed by atoms with Crippen molar-refractivity contribution in [2.45, 2.75) is 63.2 Å². The van der Waals surface area contributed by atoms with Crippen molar-refractivity contribution in [1.82, 2.24) is 20.2 Å². The first kappa shape index (κ1) is 21.2. The first-order chi connectivity index (χ1) is 13.4. The average Bonchev–Trinajstić information content (AvgIpc) is 2.66. The lowest BCUT2D eigenvalue weighted by Gasteiger charge is -2.40. The zero-order valence-corrected chi connectivity index (χ0v) is 18.1. The molecule has 2 amide bonds. The number of hydrogen-bond acceptors (Lipinski definition) is 6. The Labute approximate surface area is 175 Å². The molecule has 1 atom stereocenters. The van der Waals surface area contributed by atoms with E-state index in [1.54, 1.807) is 13.0 Å². The molecule has 0 spiro atoms. The second-order valence-corrected chi connectivity index (χ2v) is 8.86. The van der Waals surface area contributed by atoms with E-state index >= 15 is 0 Å². The minimum absolute atomic E-state index is 0.0192. The van der Waals surface area contributed by atoms with Crippen molar-refractivity contribution in [3.63, 3.8) is 0 Å². The van der Waals surface area contributed by atoms with Crippen LogP contribution in [0.1, 0.15) is 46.0 Å². The average molecular weight is 426 g/mol. The fraction of sp³-hybridized carbons (Fsp3) is 0.684. The molecular weight excluding hydrogens is 398 g/mol. The SMILES string of the molecule is CC(=O)N1CCN(c2cc(Cl)nc(SCC(=O)NC3CCCCC3)n2)C[C@H]1C. The first-order valence-electron chi connectivity index (χ1n) is 9.91. The van der Waals surface area contributed by atoms with Crippen LogP contribution in [0.2, 0.25) is 5.15 Å². The highest BCUT2D eigenvalue weighted by Gasteiger charge is 2.26. The summed E-state index contributed by atoms with van der Waals surface area (Å²) in [5.74, 6) is 1.13. The van der Waals surface area contributed by atoms with Crippen LogP contribution in [-0.4, -0.2) is 64.2 Å². The number of hydrogen-bond donors (Lipinski definition) is 1. The van der Waals surface area contributed by atoms with Gasteiger partial charge in [-0.2, -0.15) is 0 Å². The molecule has 1 aromatic rings. The van der Waals surface area contributed by atoms with Gasteiger partial charge in [-0.25, -0.2) is 9.97 Å². The Hall–Kier alpha value is -1.54. The molecule has 1 saturated carbocycles. The minimum atomic E-state index is 0.0192. The third-order valence-electron chi connectivity index (χ3n) is 5.32. The molecule has 2 aliphatic rings. The van der Waals surface area contributed by atoms with Gasteiger partial charge in [0.05, 0.1) is 5.75 Å². The number of aromatic nitrogens is 2. The van der Waals surface area contributed by atoms with E-state index in [-0.39, 0.29) is 23.6 Å². The van der Waals surface area contributed by atoms with Gasteiger partial charge < -0.3 is 15.1 Å². The molecule has 2 heterocycles. The van der Waals surface area contributed by atoms with Gasteiger partial charge in [0.2, 0.25) is 11.8 Å². The summed E-state index contributed by atoms with van der Waals surface area (Å²) in [6.45, 7) is 5.68. The molecule has 0 bridgehead atoms. The van der Waals surface area contributed by atoms with E-state index in [9.17, 15) is 9.59 Å². The summed E-state index contributed by atoms with van der Waals surface area (Å²) in [7, 11) is 0. The Morgan fingerprint density at radius 1 is 1.25 bits per heavy atom. The van der Waals surface area contributed by atoms with Crippen LogP contribution >= 0.6 is 23.4 Å². The number of carbonyl (C=O) groups is 2. The van der Waals surface area contributed by atoms with E-state index in [1.807, 2.05) is 11.8 Å². The lowest BCUT2D eigenvalue weighted by Crippen LogP contribution is -2.53. The molecule has 1 saturated heterocycles. The molecule has 0 unspecified atom stereocenters. The zero-order chi connectivity index (χ0) is 20.1. The highest BCUT2D eigenvalue weighted by atomic mass is 35.5. The summed E-state index contributed by atoms with van der Waals surface area (Å²) in [6.07, 6.45) is 5.78. The van der Waals surface area contributed by atoms with Crippen LogP contribution in [0, 0.1) is 0 Å². The van der Waals surface area contributed by atoms with Crippen molar-refractivity contribution in [1.29, 1.82) is 0 Å². The van der Waals surface area contributed by atoms with E-state index in [2.05, 4.69) is 20.2 Å². The maximum Gasteiger partial charge on any atom is 0.230 e. The van der Waals surface area contributed by atoms with E-state index in [0.717, 1.165) is 18.7 Å². The number of anilines is 1. The van der Waals surface area contributed by atoms with Gasteiger partial charge in [-0.3, -0.25) is 9.59 Å². The number of carbonyl (C=O) groups excluding carboxylic acids is 2. The molecule has 28 heavy (non-hydrogen) atoms. The molecular formula is C19H28ClN5O2S. The van der Waals surface area contributed by atoms with Crippen LogP contribution in [0.15, 0.2) is 11.2 Å². The number of halogens is 1. The van der Waals surface area contributed by atoms with Crippen molar-refractivity contribution < 1.29 is 9.59 Å². The number of nitrogens with zero attached hydrogens (tertiary/aromatic N) is 4. The van der Waals surface area contributed by atoms with Crippen molar-refractivity contribution in [2.24, 2.45) is 0 Å². The predicted octanol–water partition coefficient (Wildman–Crippen LogP) is 2.73. The summed E-state index contributed by atoms with van der Waals surface area (Å²) in [6, 6.07) is 2.15. The maximum atomic E-state index is 12.2. The summed E-state index contributed by atoms with van der Waals surface area (Å²) in [4.78, 5) is 36.7. The molecule has 0 aromatic carbocycles. The molecule has 1 aromatic heterocycles. The molecule has 154 valence electrons. The Morgan fingerprint density at radius 2 is 2.00 bits per heavy atom. The van der Waals surface area contributed by atoms with Gasteiger partial charge >= 0.3 is 0 Å². The normalized spacial score (nSPS) is 20.9. The summed E-state index contributed by atoms with van der Waals surface area (Å²) in [5, 5.41) is 3.97. The number of amides is 2. The summed E-state index contributed by atoms with van der Waals surface area (Å²) >= 11 is 7.51. The fourth-order valence-electron chi connectivity index (χ4n) is 3.89. The monoisotopic (exact) mass is 425 g/mol. The first-order valence-corrected chi connectivity index (χ1v) is 11.3. The second kappa shape index (κ2) is 9.78. The zero-order valence-electron chi connectivity index (χ0n) is 16.5. The lowest BCUT2D eigenvalue weighted by molar-refractivity contribution is -0.131. The van der Waals surface area contributed by atoms with Gasteiger partial charge in [0.1, 0.15) is 11.0 Å². The number of piperazine rings is 1. The van der Waals surface area contributed by atoms with Crippen LogP contribution in [0.3, 0.4) is 0 Å². The number of thioether (sulfide) groups is 1. The molecule has 1 aliphatic heterocycles. The van der Waals surface area contributed by atoms with E-state index in [0.29, 0.717) is 36.0 Å². The molecule has 1 N–H and O–H groups in total. The van der Waals surface area contributed by atoms with Gasteiger partial charge in [0, 0.05) is 44.7 Å². The predicted molar refractivity (Wildman–Crippen MR) is 112 cm³/mol. The molecule has 1 aliphatic carbocycles. The van der Waals surface area contributed by atoms with E-state index in [1.165, 1.54) is 31.0 Å². The standard InChI is InChI=1S/C19H28ClN5O2S/c1-13-11-24(8-9-25(13)14(2)26)17-10-16(20)22-19(23-17)28-12-18(27)21-15-6-4-3-5-7-15/h10,13,15H,3-9,11-12H2,1-2H3,(H,21,27)/t13-/m1/s1. The Morgan fingerprint density at radius 3 is 2.68 bits per heavy atom. The van der Waals surface area contributed by atoms with Crippen molar-refractivity contribution in [2.75, 3.05) is 30.3 Å². The molecule has 9 heteroatoms. The van der Waals surface area contributed by atoms with Crippen molar-refractivity contribution in [3.8, 4) is 0 Å². The minimum Gasteiger partial charge on any atom is -0.353 e. The molecule has 0 radical (unpaired) electrons. The Balaban J connectivity index is 1.57.